The molecule has 0 aliphatic rings. The highest BCUT2D eigenvalue weighted by molar-refractivity contribution is 8.02. The van der Waals surface area contributed by atoms with Gasteiger partial charge in [0.25, 0.3) is 0 Å². The molecular formula is C15H21NS2. The Labute approximate surface area is 120 Å². The van der Waals surface area contributed by atoms with Gasteiger partial charge in [-0.15, -0.1) is 11.8 Å². The molecule has 0 fully saturated rings. The molecular weight excluding hydrogens is 258 g/mol. The largest absolute Gasteiger partial charge is 0.380 e. The summed E-state index contributed by atoms with van der Waals surface area (Å²) >= 11 is 7.15. The topological polar surface area (TPSA) is 12.0 Å². The Morgan fingerprint density at radius 3 is 2.61 bits per heavy atom. The number of benzene rings is 1. The fourth-order valence-corrected chi connectivity index (χ4v) is 2.38. The number of thiocarbonyl (C=S) groups is 1. The molecule has 98 valence electrons. The zero-order chi connectivity index (χ0) is 13.2. The van der Waals surface area contributed by atoms with Crippen LogP contribution in [0.3, 0.4) is 0 Å². The molecule has 0 aromatic heterocycles. The highest BCUT2D eigenvalue weighted by atomic mass is 32.2. The van der Waals surface area contributed by atoms with Gasteiger partial charge < -0.3 is 5.32 Å². The van der Waals surface area contributed by atoms with Crippen molar-refractivity contribution in [3.05, 3.63) is 47.0 Å². The van der Waals surface area contributed by atoms with Gasteiger partial charge in [0.15, 0.2) is 0 Å². The molecule has 0 heterocycles. The molecule has 0 saturated heterocycles. The fourth-order valence-electron chi connectivity index (χ4n) is 1.57. The van der Waals surface area contributed by atoms with Crippen LogP contribution in [0.4, 0.5) is 0 Å². The van der Waals surface area contributed by atoms with Crippen LogP contribution in [0, 0.1) is 0 Å². The monoisotopic (exact) mass is 279 g/mol. The fraction of sp³-hybridized carbons (Fsp3) is 0.400. The first kappa shape index (κ1) is 15.3. The average Bonchev–Trinajstić information content (AvgIpc) is 2.43. The number of unbranched alkanes of at least 4 members (excludes halogenated alkanes) is 2. The number of nitrogens with one attached hydrogen (secondary N) is 1. The summed E-state index contributed by atoms with van der Waals surface area (Å²) in [5.74, 6) is 0. The summed E-state index contributed by atoms with van der Waals surface area (Å²) in [7, 11) is 0. The Kier molecular flexibility index (Phi) is 7.78. The van der Waals surface area contributed by atoms with Gasteiger partial charge in [0.05, 0.1) is 5.03 Å². The highest BCUT2D eigenvalue weighted by Crippen LogP contribution is 2.11. The van der Waals surface area contributed by atoms with Gasteiger partial charge in [-0.1, -0.05) is 62.3 Å². The Morgan fingerprint density at radius 2 is 2.00 bits per heavy atom. The van der Waals surface area contributed by atoms with Crippen molar-refractivity contribution in [2.24, 2.45) is 0 Å². The Bertz CT molecular complexity index is 385. The van der Waals surface area contributed by atoms with Crippen LogP contribution >= 0.6 is 24.0 Å². The number of hydrogen-bond acceptors (Lipinski definition) is 3. The number of hydrogen-bond donors (Lipinski definition) is 1. The lowest BCUT2D eigenvalue weighted by atomic mass is 10.1. The Morgan fingerprint density at radius 1 is 1.28 bits per heavy atom. The molecule has 0 atom stereocenters. The number of thioether (sulfide) groups is 1. The van der Waals surface area contributed by atoms with Gasteiger partial charge in [0, 0.05) is 11.4 Å². The van der Waals surface area contributed by atoms with Crippen LogP contribution < -0.4 is 5.32 Å². The van der Waals surface area contributed by atoms with Gasteiger partial charge in [-0.05, 0) is 24.3 Å². The van der Waals surface area contributed by atoms with Crippen LogP contribution in [0.5, 0.6) is 0 Å². The summed E-state index contributed by atoms with van der Waals surface area (Å²) in [6, 6.07) is 10.1. The van der Waals surface area contributed by atoms with Crippen LogP contribution in [-0.2, 0) is 0 Å². The van der Waals surface area contributed by atoms with E-state index in [1.165, 1.54) is 19.3 Å². The lowest BCUT2D eigenvalue weighted by Crippen LogP contribution is -2.13. The SMILES string of the molecule is CCCCCN/C(=C\C(=S)c1ccccc1)SC. The smallest absolute Gasteiger partial charge is 0.0693 e. The molecule has 1 aromatic carbocycles. The summed E-state index contributed by atoms with van der Waals surface area (Å²) in [5.41, 5.74) is 1.11. The van der Waals surface area contributed by atoms with E-state index in [2.05, 4.69) is 24.6 Å². The van der Waals surface area contributed by atoms with Gasteiger partial charge in [0.1, 0.15) is 0 Å². The molecule has 0 amide bonds. The van der Waals surface area contributed by atoms with Gasteiger partial charge in [-0.2, -0.15) is 0 Å². The van der Waals surface area contributed by atoms with Crippen LogP contribution in [0.15, 0.2) is 41.4 Å². The van der Waals surface area contributed by atoms with E-state index in [9.17, 15) is 0 Å². The molecule has 0 radical (unpaired) electrons. The van der Waals surface area contributed by atoms with Crippen LogP contribution in [-0.4, -0.2) is 17.7 Å². The van der Waals surface area contributed by atoms with E-state index in [4.69, 9.17) is 12.2 Å². The lowest BCUT2D eigenvalue weighted by Gasteiger charge is -2.08. The Balaban J connectivity index is 2.53. The van der Waals surface area contributed by atoms with E-state index in [1.54, 1.807) is 11.8 Å². The maximum atomic E-state index is 5.44. The summed E-state index contributed by atoms with van der Waals surface area (Å²) in [5, 5.41) is 4.59. The molecule has 1 nitrogen and oxygen atoms in total. The molecule has 0 unspecified atom stereocenters. The van der Waals surface area contributed by atoms with Crippen molar-refractivity contribution in [1.82, 2.24) is 5.32 Å². The first-order chi connectivity index (χ1) is 8.77. The van der Waals surface area contributed by atoms with Crippen molar-refractivity contribution in [2.45, 2.75) is 26.2 Å². The maximum absolute atomic E-state index is 5.44. The van der Waals surface area contributed by atoms with Gasteiger partial charge in [-0.3, -0.25) is 0 Å². The van der Waals surface area contributed by atoms with Crippen molar-refractivity contribution < 1.29 is 0 Å². The zero-order valence-electron chi connectivity index (χ0n) is 11.1. The van der Waals surface area contributed by atoms with Crippen LogP contribution in [0.25, 0.3) is 0 Å². The lowest BCUT2D eigenvalue weighted by molar-refractivity contribution is 0.680. The minimum absolute atomic E-state index is 0.892. The molecule has 1 rings (SSSR count). The second-order valence-corrected chi connectivity index (χ2v) is 5.36. The standard InChI is InChI=1S/C15H21NS2/c1-3-4-8-11-16-15(18-2)12-14(17)13-9-6-5-7-10-13/h5-7,9-10,12,16H,3-4,8,11H2,1-2H3/b15-12+. The highest BCUT2D eigenvalue weighted by Gasteiger charge is 2.00. The second kappa shape index (κ2) is 9.17. The molecule has 0 saturated carbocycles. The van der Waals surface area contributed by atoms with Crippen molar-refractivity contribution in [3.8, 4) is 0 Å². The average molecular weight is 279 g/mol. The van der Waals surface area contributed by atoms with Crippen LogP contribution in [0.2, 0.25) is 0 Å². The molecule has 18 heavy (non-hydrogen) atoms. The first-order valence-electron chi connectivity index (χ1n) is 6.37. The van der Waals surface area contributed by atoms with Gasteiger partial charge in [0.2, 0.25) is 0 Å². The molecule has 1 N–H and O–H groups in total. The van der Waals surface area contributed by atoms with Crippen molar-refractivity contribution in [2.75, 3.05) is 12.8 Å². The molecule has 0 spiro atoms. The summed E-state index contributed by atoms with van der Waals surface area (Å²) < 4.78 is 0. The molecule has 0 bridgehead atoms. The van der Waals surface area contributed by atoms with Crippen molar-refractivity contribution >= 4 is 28.8 Å². The molecule has 0 aliphatic carbocycles. The van der Waals surface area contributed by atoms with E-state index < -0.39 is 0 Å². The second-order valence-electron chi connectivity index (χ2n) is 4.08. The maximum Gasteiger partial charge on any atom is 0.0693 e. The first-order valence-corrected chi connectivity index (χ1v) is 8.00. The molecule has 0 aliphatic heterocycles. The predicted molar refractivity (Wildman–Crippen MR) is 87.3 cm³/mol. The van der Waals surface area contributed by atoms with Crippen LogP contribution in [0.1, 0.15) is 31.7 Å². The van der Waals surface area contributed by atoms with Gasteiger partial charge >= 0.3 is 0 Å². The quantitative estimate of drug-likeness (QED) is 0.328. The van der Waals surface area contributed by atoms with E-state index in [1.807, 2.05) is 30.3 Å². The van der Waals surface area contributed by atoms with Crippen molar-refractivity contribution in [1.29, 1.82) is 0 Å². The normalized spacial score (nSPS) is 11.3. The van der Waals surface area contributed by atoms with Gasteiger partial charge in [-0.25, -0.2) is 0 Å². The van der Waals surface area contributed by atoms with Crippen molar-refractivity contribution in [3.63, 3.8) is 0 Å². The minimum atomic E-state index is 0.892. The summed E-state index contributed by atoms with van der Waals surface area (Å²) in [4.78, 5) is 0.892. The number of rotatable bonds is 8. The van der Waals surface area contributed by atoms with E-state index in [0.717, 1.165) is 22.0 Å². The predicted octanol–water partition coefficient (Wildman–Crippen LogP) is 4.39. The van der Waals surface area contributed by atoms with E-state index >= 15 is 0 Å². The molecule has 1 aromatic rings. The zero-order valence-corrected chi connectivity index (χ0v) is 12.7. The third kappa shape index (κ3) is 5.69. The third-order valence-electron chi connectivity index (χ3n) is 2.62. The Hall–Kier alpha value is -0.800. The van der Waals surface area contributed by atoms with E-state index in [0.29, 0.717) is 0 Å². The summed E-state index contributed by atoms with van der Waals surface area (Å²) in [6.45, 7) is 3.24. The third-order valence-corrected chi connectivity index (χ3v) is 3.68. The minimum Gasteiger partial charge on any atom is -0.380 e. The van der Waals surface area contributed by atoms with E-state index in [-0.39, 0.29) is 0 Å². The number of allylic oxidation sites excluding steroid dienone is 1. The molecule has 3 heteroatoms. The summed E-state index contributed by atoms with van der Waals surface area (Å²) in [6.07, 6.45) is 7.88.